The summed E-state index contributed by atoms with van der Waals surface area (Å²) < 4.78 is 1.74. The number of carbonyl (C=O) groups is 1. The summed E-state index contributed by atoms with van der Waals surface area (Å²) >= 11 is 0. The lowest BCUT2D eigenvalue weighted by Crippen LogP contribution is -2.38. The molecule has 0 atom stereocenters. The Labute approximate surface area is 218 Å². The van der Waals surface area contributed by atoms with E-state index in [1.807, 2.05) is 36.4 Å². The lowest BCUT2D eigenvalue weighted by atomic mass is 9.96. The predicted molar refractivity (Wildman–Crippen MR) is 148 cm³/mol. The number of aromatic nitrogens is 2. The third-order valence-electron chi connectivity index (χ3n) is 7.34. The zero-order valence-electron chi connectivity index (χ0n) is 21.6. The second kappa shape index (κ2) is 11.1. The Morgan fingerprint density at radius 1 is 0.919 bits per heavy atom. The number of likely N-dealkylation sites (tertiary alicyclic amines) is 1. The Balaban J connectivity index is 1.20. The molecule has 0 radical (unpaired) electrons. The van der Waals surface area contributed by atoms with Crippen molar-refractivity contribution in [2.24, 2.45) is 5.92 Å². The molecule has 0 saturated carbocycles. The molecule has 1 aliphatic rings. The molecule has 0 unspecified atom stereocenters. The Morgan fingerprint density at radius 2 is 1.62 bits per heavy atom. The van der Waals surface area contributed by atoms with E-state index in [0.717, 1.165) is 43.6 Å². The van der Waals surface area contributed by atoms with E-state index in [-0.39, 0.29) is 11.5 Å². The number of fused-ring (bicyclic) bond motifs is 1. The number of carbonyl (C=O) groups excluding carboxylic acids is 1. The minimum atomic E-state index is -0.109. The molecule has 2 heterocycles. The van der Waals surface area contributed by atoms with Crippen LogP contribution in [0, 0.1) is 19.8 Å². The molecule has 1 aliphatic heterocycles. The van der Waals surface area contributed by atoms with Gasteiger partial charge in [-0.25, -0.2) is 4.98 Å². The van der Waals surface area contributed by atoms with Crippen LogP contribution in [-0.4, -0.2) is 40.0 Å². The monoisotopic (exact) mass is 494 g/mol. The molecular formula is C31H34N4O2. The van der Waals surface area contributed by atoms with E-state index in [2.05, 4.69) is 46.4 Å². The van der Waals surface area contributed by atoms with Gasteiger partial charge in [-0.2, -0.15) is 0 Å². The van der Waals surface area contributed by atoms with Crippen molar-refractivity contribution in [1.29, 1.82) is 0 Å². The molecular weight excluding hydrogens is 460 g/mol. The van der Waals surface area contributed by atoms with Crippen LogP contribution in [0.2, 0.25) is 0 Å². The van der Waals surface area contributed by atoms with E-state index in [9.17, 15) is 9.59 Å². The van der Waals surface area contributed by atoms with Crippen LogP contribution in [0.1, 0.15) is 45.6 Å². The summed E-state index contributed by atoms with van der Waals surface area (Å²) in [6, 6.07) is 24.1. The third kappa shape index (κ3) is 5.97. The first kappa shape index (κ1) is 24.9. The number of benzene rings is 3. The van der Waals surface area contributed by atoms with E-state index < -0.39 is 0 Å². The van der Waals surface area contributed by atoms with E-state index in [1.165, 1.54) is 11.1 Å². The van der Waals surface area contributed by atoms with Crippen LogP contribution in [0.25, 0.3) is 11.0 Å². The second-order valence-electron chi connectivity index (χ2n) is 10.2. The fourth-order valence-electron chi connectivity index (χ4n) is 5.08. The average Bonchev–Trinajstić information content (AvgIpc) is 2.92. The number of aryl methyl sites for hydroxylation is 2. The van der Waals surface area contributed by atoms with Gasteiger partial charge in [-0.15, -0.1) is 0 Å². The molecule has 4 aromatic rings. The predicted octanol–water partition coefficient (Wildman–Crippen LogP) is 4.70. The molecule has 1 amide bonds. The van der Waals surface area contributed by atoms with Gasteiger partial charge in [0.15, 0.2) is 0 Å². The van der Waals surface area contributed by atoms with Gasteiger partial charge in [-0.05, 0) is 75.0 Å². The third-order valence-corrected chi connectivity index (χ3v) is 7.34. The second-order valence-corrected chi connectivity index (χ2v) is 10.2. The number of nitrogens with zero attached hydrogens (tertiary/aromatic N) is 3. The van der Waals surface area contributed by atoms with Crippen LogP contribution in [0.4, 0.5) is 0 Å². The Kier molecular flexibility index (Phi) is 7.47. The van der Waals surface area contributed by atoms with Crippen molar-refractivity contribution < 1.29 is 4.79 Å². The summed E-state index contributed by atoms with van der Waals surface area (Å²) in [5.74, 6) is 0.388. The van der Waals surface area contributed by atoms with E-state index >= 15 is 0 Å². The zero-order chi connectivity index (χ0) is 25.8. The van der Waals surface area contributed by atoms with E-state index in [1.54, 1.807) is 23.6 Å². The van der Waals surface area contributed by atoms with Gasteiger partial charge in [-0.1, -0.05) is 60.2 Å². The fraction of sp³-hybridized carbons (Fsp3) is 0.323. The molecule has 5 rings (SSSR count). The maximum Gasteiger partial charge on any atom is 0.272 e. The molecule has 1 fully saturated rings. The van der Waals surface area contributed by atoms with Crippen LogP contribution in [-0.2, 0) is 13.1 Å². The van der Waals surface area contributed by atoms with Gasteiger partial charge < -0.3 is 9.88 Å². The Hall–Kier alpha value is -3.77. The summed E-state index contributed by atoms with van der Waals surface area (Å²) in [7, 11) is 0. The van der Waals surface area contributed by atoms with Gasteiger partial charge in [-0.3, -0.25) is 14.5 Å². The van der Waals surface area contributed by atoms with Gasteiger partial charge in [0.2, 0.25) is 0 Å². The highest BCUT2D eigenvalue weighted by Crippen LogP contribution is 2.20. The van der Waals surface area contributed by atoms with Crippen molar-refractivity contribution in [2.45, 2.75) is 39.8 Å². The fourth-order valence-corrected chi connectivity index (χ4v) is 5.08. The molecule has 0 bridgehead atoms. The maximum absolute atomic E-state index is 13.0. The van der Waals surface area contributed by atoms with Crippen molar-refractivity contribution in [1.82, 2.24) is 19.8 Å². The largest absolute Gasteiger partial charge is 0.352 e. The van der Waals surface area contributed by atoms with Crippen LogP contribution < -0.4 is 10.9 Å². The minimum Gasteiger partial charge on any atom is -0.352 e. The first-order valence-electron chi connectivity index (χ1n) is 13.1. The van der Waals surface area contributed by atoms with Crippen LogP contribution in [0.5, 0.6) is 0 Å². The lowest BCUT2D eigenvalue weighted by molar-refractivity contribution is 0.0935. The summed E-state index contributed by atoms with van der Waals surface area (Å²) in [6.07, 6.45) is 2.16. The number of piperidine rings is 1. The van der Waals surface area contributed by atoms with E-state index in [0.29, 0.717) is 35.8 Å². The molecule has 1 saturated heterocycles. The van der Waals surface area contributed by atoms with Gasteiger partial charge in [0.05, 0.1) is 17.6 Å². The van der Waals surface area contributed by atoms with Crippen LogP contribution >= 0.6 is 0 Å². The normalized spacial score (nSPS) is 14.6. The van der Waals surface area contributed by atoms with Gasteiger partial charge >= 0.3 is 0 Å². The number of amides is 1. The van der Waals surface area contributed by atoms with Crippen molar-refractivity contribution in [3.8, 4) is 0 Å². The van der Waals surface area contributed by atoms with Crippen LogP contribution in [0.15, 0.2) is 77.6 Å². The molecule has 1 N–H and O–H groups in total. The number of hydrogen-bond donors (Lipinski definition) is 1. The molecule has 37 heavy (non-hydrogen) atoms. The highest BCUT2D eigenvalue weighted by Gasteiger charge is 2.20. The van der Waals surface area contributed by atoms with Crippen molar-refractivity contribution in [3.05, 3.63) is 111 Å². The summed E-state index contributed by atoms with van der Waals surface area (Å²) in [5, 5.41) is 3.13. The topological polar surface area (TPSA) is 67.2 Å². The van der Waals surface area contributed by atoms with Crippen molar-refractivity contribution in [3.63, 3.8) is 0 Å². The molecule has 3 aromatic carbocycles. The molecule has 1 aromatic heterocycles. The lowest BCUT2D eigenvalue weighted by Gasteiger charge is -2.32. The number of rotatable bonds is 7. The van der Waals surface area contributed by atoms with Gasteiger partial charge in [0.25, 0.3) is 11.5 Å². The first-order valence-corrected chi connectivity index (χ1v) is 13.1. The summed E-state index contributed by atoms with van der Waals surface area (Å²) in [5.41, 5.74) is 5.97. The quantitative estimate of drug-likeness (QED) is 0.404. The molecule has 0 aliphatic carbocycles. The number of nitrogens with one attached hydrogen (secondary N) is 1. The SMILES string of the molecule is Cc1ccc(CN2CCC(CNC(=O)c3ccc4c(c3)nc(C)c(=O)n4Cc3ccccc3)CC2)cc1. The number of hydrogen-bond acceptors (Lipinski definition) is 4. The standard InChI is InChI=1S/C31H34N4O2/c1-22-8-10-26(11-9-22)20-34-16-14-24(15-17-34)19-32-30(36)27-12-13-29-28(18-27)33-23(2)31(37)35(29)21-25-6-4-3-5-7-25/h3-13,18,24H,14-17,19-21H2,1-2H3,(H,32,36). The molecule has 190 valence electrons. The average molecular weight is 495 g/mol. The maximum atomic E-state index is 13.0. The van der Waals surface area contributed by atoms with Crippen molar-refractivity contribution >= 4 is 16.9 Å². The summed E-state index contributed by atoms with van der Waals surface area (Å²) in [6.45, 7) is 8.06. The van der Waals surface area contributed by atoms with Crippen molar-refractivity contribution in [2.75, 3.05) is 19.6 Å². The van der Waals surface area contributed by atoms with Crippen LogP contribution in [0.3, 0.4) is 0 Å². The Morgan fingerprint density at radius 3 is 2.35 bits per heavy atom. The minimum absolute atomic E-state index is 0.0933. The van der Waals surface area contributed by atoms with Gasteiger partial charge in [0.1, 0.15) is 5.69 Å². The first-order chi connectivity index (χ1) is 18.0. The zero-order valence-corrected chi connectivity index (χ0v) is 21.6. The van der Waals surface area contributed by atoms with Gasteiger partial charge in [0, 0.05) is 18.7 Å². The molecule has 6 heteroatoms. The Bertz CT molecular complexity index is 1440. The summed E-state index contributed by atoms with van der Waals surface area (Å²) in [4.78, 5) is 32.8. The van der Waals surface area contributed by atoms with E-state index in [4.69, 9.17) is 0 Å². The highest BCUT2D eigenvalue weighted by molar-refractivity contribution is 5.97. The molecule has 0 spiro atoms. The smallest absolute Gasteiger partial charge is 0.272 e. The molecule has 6 nitrogen and oxygen atoms in total. The highest BCUT2D eigenvalue weighted by atomic mass is 16.1.